The number of hydrogen-bond donors (Lipinski definition) is 1. The molecule has 0 aliphatic carbocycles. The largest absolute Gasteiger partial charge is 0.416 e. The highest BCUT2D eigenvalue weighted by atomic mass is 32.2. The van der Waals surface area contributed by atoms with Gasteiger partial charge in [0.1, 0.15) is 6.54 Å². The van der Waals surface area contributed by atoms with Crippen LogP contribution in [0.4, 0.5) is 37.7 Å². The predicted octanol–water partition coefficient (Wildman–Crippen LogP) is 4.95. The molecule has 0 atom stereocenters. The Bertz CT molecular complexity index is 1230. The predicted molar refractivity (Wildman–Crippen MR) is 110 cm³/mol. The summed E-state index contributed by atoms with van der Waals surface area (Å²) in [5, 5.41) is 2.30. The highest BCUT2D eigenvalue weighted by Crippen LogP contribution is 2.39. The van der Waals surface area contributed by atoms with Crippen molar-refractivity contribution in [2.75, 3.05) is 16.2 Å². The second kappa shape index (κ2) is 9.33. The Labute approximate surface area is 189 Å². The van der Waals surface area contributed by atoms with E-state index in [-0.39, 0.29) is 28.2 Å². The summed E-state index contributed by atoms with van der Waals surface area (Å²) in [5.74, 6) is -1.02. The fourth-order valence-corrected chi connectivity index (χ4v) is 4.31. The number of nitrogens with one attached hydrogen (secondary N) is 1. The van der Waals surface area contributed by atoms with Crippen molar-refractivity contribution in [3.05, 3.63) is 84.2 Å². The highest BCUT2D eigenvalue weighted by Gasteiger charge is 2.39. The molecule has 3 aromatic rings. The molecule has 0 aliphatic rings. The van der Waals surface area contributed by atoms with Crippen molar-refractivity contribution in [3.8, 4) is 0 Å². The Kier molecular flexibility index (Phi) is 6.87. The van der Waals surface area contributed by atoms with Gasteiger partial charge >= 0.3 is 12.4 Å². The molecule has 34 heavy (non-hydrogen) atoms. The summed E-state index contributed by atoms with van der Waals surface area (Å²) in [5.41, 5.74) is -4.28. The molecule has 1 amide bonds. The molecule has 2 aromatic carbocycles. The van der Waals surface area contributed by atoms with E-state index in [9.17, 15) is 39.6 Å². The maximum absolute atomic E-state index is 13.3. The van der Waals surface area contributed by atoms with Gasteiger partial charge in [-0.1, -0.05) is 18.2 Å². The van der Waals surface area contributed by atoms with Gasteiger partial charge in [0.25, 0.3) is 10.0 Å². The molecule has 1 N–H and O–H groups in total. The van der Waals surface area contributed by atoms with Crippen LogP contribution in [-0.4, -0.2) is 25.9 Å². The van der Waals surface area contributed by atoms with E-state index in [0.29, 0.717) is 0 Å². The summed E-state index contributed by atoms with van der Waals surface area (Å²) < 4.78 is 107. The number of anilines is 2. The zero-order chi connectivity index (χ0) is 25.1. The molecule has 0 unspecified atom stereocenters. The van der Waals surface area contributed by atoms with Crippen LogP contribution in [-0.2, 0) is 27.2 Å². The Morgan fingerprint density at radius 2 is 1.47 bits per heavy atom. The summed E-state index contributed by atoms with van der Waals surface area (Å²) in [6.07, 6.45) is -7.81. The lowest BCUT2D eigenvalue weighted by molar-refractivity contribution is -0.143. The molecule has 0 saturated carbocycles. The topological polar surface area (TPSA) is 79.4 Å². The van der Waals surface area contributed by atoms with Crippen molar-refractivity contribution in [3.63, 3.8) is 0 Å². The van der Waals surface area contributed by atoms with E-state index in [0.717, 1.165) is 12.1 Å². The third-order valence-electron chi connectivity index (χ3n) is 4.42. The molecule has 1 aromatic heterocycles. The molecule has 0 spiro atoms. The average Bonchev–Trinajstić information content (AvgIpc) is 2.77. The number of aromatic nitrogens is 1. The second-order valence-corrected chi connectivity index (χ2v) is 8.74. The van der Waals surface area contributed by atoms with E-state index in [1.54, 1.807) is 0 Å². The van der Waals surface area contributed by atoms with Gasteiger partial charge in [-0.05, 0) is 42.5 Å². The van der Waals surface area contributed by atoms with E-state index in [1.165, 1.54) is 42.7 Å². The van der Waals surface area contributed by atoms with Crippen molar-refractivity contribution in [2.45, 2.75) is 17.2 Å². The Morgan fingerprint density at radius 3 is 1.97 bits per heavy atom. The van der Waals surface area contributed by atoms with Crippen molar-refractivity contribution in [1.82, 2.24) is 4.98 Å². The van der Waals surface area contributed by atoms with Crippen LogP contribution in [0.1, 0.15) is 11.1 Å². The van der Waals surface area contributed by atoms with Gasteiger partial charge in [0, 0.05) is 6.20 Å². The smallest absolute Gasteiger partial charge is 0.323 e. The van der Waals surface area contributed by atoms with Crippen molar-refractivity contribution >= 4 is 27.3 Å². The zero-order valence-electron chi connectivity index (χ0n) is 16.9. The van der Waals surface area contributed by atoms with Crippen molar-refractivity contribution in [1.29, 1.82) is 0 Å². The molecule has 0 radical (unpaired) electrons. The number of amides is 1. The fourth-order valence-electron chi connectivity index (χ4n) is 2.88. The van der Waals surface area contributed by atoms with Gasteiger partial charge in [-0.3, -0.25) is 14.1 Å². The van der Waals surface area contributed by atoms with Crippen LogP contribution in [0.3, 0.4) is 0 Å². The van der Waals surface area contributed by atoms with E-state index >= 15 is 0 Å². The molecule has 0 saturated heterocycles. The summed E-state index contributed by atoms with van der Waals surface area (Å²) in [6, 6.07) is 9.50. The molecule has 0 bridgehead atoms. The van der Waals surface area contributed by atoms with Gasteiger partial charge < -0.3 is 5.32 Å². The number of alkyl halides is 6. The monoisotopic (exact) mass is 503 g/mol. The molecule has 180 valence electrons. The van der Waals surface area contributed by atoms with Crippen LogP contribution in [0.25, 0.3) is 0 Å². The maximum atomic E-state index is 13.3. The number of carbonyl (C=O) groups is 1. The van der Waals surface area contributed by atoms with Gasteiger partial charge in [-0.15, -0.1) is 0 Å². The van der Waals surface area contributed by atoms with Crippen LogP contribution >= 0.6 is 0 Å². The molecule has 0 fully saturated rings. The molecule has 6 nitrogen and oxygen atoms in total. The maximum Gasteiger partial charge on any atom is 0.416 e. The van der Waals surface area contributed by atoms with Gasteiger partial charge in [-0.2, -0.15) is 26.3 Å². The number of hydrogen-bond acceptors (Lipinski definition) is 4. The first-order chi connectivity index (χ1) is 15.8. The number of sulfonamides is 1. The van der Waals surface area contributed by atoms with Crippen molar-refractivity contribution in [2.24, 2.45) is 0 Å². The molecular weight excluding hydrogens is 488 g/mol. The normalized spacial score (nSPS) is 12.3. The summed E-state index contributed by atoms with van der Waals surface area (Å²) in [7, 11) is -4.74. The Balaban J connectivity index is 2.14. The number of nitrogens with zero attached hydrogens (tertiary/aromatic N) is 2. The van der Waals surface area contributed by atoms with Crippen LogP contribution < -0.4 is 9.62 Å². The number of halogens is 6. The lowest BCUT2D eigenvalue weighted by atomic mass is 10.1. The first-order valence-corrected chi connectivity index (χ1v) is 10.8. The van der Waals surface area contributed by atoms with Crippen LogP contribution in [0, 0.1) is 0 Å². The minimum absolute atomic E-state index is 0.132. The zero-order valence-corrected chi connectivity index (χ0v) is 17.7. The second-order valence-electron chi connectivity index (χ2n) is 6.88. The fraction of sp³-hybridized carbons (Fsp3) is 0.143. The van der Waals surface area contributed by atoms with Gasteiger partial charge in [0.2, 0.25) is 5.91 Å². The van der Waals surface area contributed by atoms with Gasteiger partial charge in [0.15, 0.2) is 0 Å². The molecule has 3 rings (SSSR count). The molecule has 13 heteroatoms. The SMILES string of the molecule is O=C(CN(c1cc(C(F)(F)F)cc(C(F)(F)F)c1)S(=O)(=O)c1ccccc1)Nc1cccnc1. The number of rotatable bonds is 6. The lowest BCUT2D eigenvalue weighted by Gasteiger charge is -2.26. The number of carbonyl (C=O) groups excluding carboxylic acids is 1. The molecule has 0 aliphatic heterocycles. The average molecular weight is 503 g/mol. The Morgan fingerprint density at radius 1 is 0.882 bits per heavy atom. The third kappa shape index (κ3) is 5.84. The quantitative estimate of drug-likeness (QED) is 0.483. The minimum atomic E-state index is -5.21. The van der Waals surface area contributed by atoms with Crippen LogP contribution in [0.2, 0.25) is 0 Å². The molecule has 1 heterocycles. The minimum Gasteiger partial charge on any atom is -0.323 e. The highest BCUT2D eigenvalue weighted by molar-refractivity contribution is 7.92. The molecular formula is C21H15F6N3O3S. The first kappa shape index (κ1) is 25.0. The first-order valence-electron chi connectivity index (χ1n) is 9.35. The van der Waals surface area contributed by atoms with E-state index in [4.69, 9.17) is 0 Å². The van der Waals surface area contributed by atoms with Gasteiger partial charge in [-0.25, -0.2) is 8.42 Å². The third-order valence-corrected chi connectivity index (χ3v) is 6.21. The van der Waals surface area contributed by atoms with Gasteiger partial charge in [0.05, 0.1) is 33.6 Å². The Hall–Kier alpha value is -3.61. The standard InChI is InChI=1S/C21H15F6N3O3S/c22-20(23,24)14-9-15(21(25,26)27)11-17(10-14)30(34(32,33)18-6-2-1-3-7-18)13-19(31)29-16-5-4-8-28-12-16/h1-12H,13H2,(H,29,31). The van der Waals surface area contributed by atoms with E-state index in [1.807, 2.05) is 0 Å². The summed E-state index contributed by atoms with van der Waals surface area (Å²) in [6.45, 7) is -1.11. The summed E-state index contributed by atoms with van der Waals surface area (Å²) >= 11 is 0. The number of benzene rings is 2. The lowest BCUT2D eigenvalue weighted by Crippen LogP contribution is -2.38. The van der Waals surface area contributed by atoms with Crippen LogP contribution in [0.15, 0.2) is 78.0 Å². The van der Waals surface area contributed by atoms with Crippen molar-refractivity contribution < 1.29 is 39.6 Å². The van der Waals surface area contributed by atoms with E-state index in [2.05, 4.69) is 10.3 Å². The van der Waals surface area contributed by atoms with Crippen LogP contribution in [0.5, 0.6) is 0 Å². The summed E-state index contributed by atoms with van der Waals surface area (Å²) in [4.78, 5) is 15.9. The van der Waals surface area contributed by atoms with E-state index < -0.39 is 56.5 Å². The number of pyridine rings is 1.